The molecule has 1 rings (SSSR count). The van der Waals surface area contributed by atoms with Crippen molar-refractivity contribution < 1.29 is 13.9 Å². The second-order valence-corrected chi connectivity index (χ2v) is 2.46. The van der Waals surface area contributed by atoms with Gasteiger partial charge in [0.1, 0.15) is 12.4 Å². The zero-order valence-corrected chi connectivity index (χ0v) is 6.98. The Balaban J connectivity index is 2.96. The molecule has 0 saturated carbocycles. The summed E-state index contributed by atoms with van der Waals surface area (Å²) < 4.78 is 16.7. The van der Waals surface area contributed by atoms with Gasteiger partial charge in [-0.15, -0.1) is 0 Å². The molecule has 1 aromatic rings. The highest BCUT2D eigenvalue weighted by Gasteiger charge is 2.10. The Hall–Kier alpha value is -1.32. The highest BCUT2D eigenvalue weighted by Crippen LogP contribution is 2.11. The smallest absolute Gasteiger partial charge is 0.354 e. The maximum absolute atomic E-state index is 12.2. The number of halogens is 1. The number of hydrogen-bond donors (Lipinski definition) is 1. The van der Waals surface area contributed by atoms with E-state index in [1.165, 1.54) is 13.2 Å². The third-order valence-electron chi connectivity index (χ3n) is 1.67. The second-order valence-electron chi connectivity index (χ2n) is 2.46. The summed E-state index contributed by atoms with van der Waals surface area (Å²) in [5.74, 6) is -0.474. The fourth-order valence-corrected chi connectivity index (χ4v) is 0.960. The van der Waals surface area contributed by atoms with Crippen LogP contribution in [0, 0.1) is 6.92 Å². The average molecular weight is 171 g/mol. The van der Waals surface area contributed by atoms with Crippen molar-refractivity contribution in [3.8, 4) is 0 Å². The van der Waals surface area contributed by atoms with Gasteiger partial charge in [-0.3, -0.25) is 0 Å². The van der Waals surface area contributed by atoms with Crippen molar-refractivity contribution in [1.82, 2.24) is 4.98 Å². The van der Waals surface area contributed by atoms with Crippen LogP contribution in [0.3, 0.4) is 0 Å². The van der Waals surface area contributed by atoms with Crippen molar-refractivity contribution in [1.29, 1.82) is 0 Å². The minimum absolute atomic E-state index is 0.294. The molecule has 1 N–H and O–H groups in total. The van der Waals surface area contributed by atoms with Crippen LogP contribution in [0.25, 0.3) is 0 Å². The lowest BCUT2D eigenvalue weighted by molar-refractivity contribution is 0.0594. The Morgan fingerprint density at radius 2 is 2.42 bits per heavy atom. The summed E-state index contributed by atoms with van der Waals surface area (Å²) in [6, 6.07) is 1.46. The Labute approximate surface area is 69.5 Å². The van der Waals surface area contributed by atoms with Crippen molar-refractivity contribution in [2.24, 2.45) is 0 Å². The number of methoxy groups -OCH3 is 1. The maximum Gasteiger partial charge on any atom is 0.354 e. The van der Waals surface area contributed by atoms with Gasteiger partial charge in [-0.25, -0.2) is 9.18 Å². The van der Waals surface area contributed by atoms with Crippen LogP contribution in [-0.2, 0) is 11.4 Å². The third kappa shape index (κ3) is 1.47. The molecule has 1 heterocycles. The van der Waals surface area contributed by atoms with Gasteiger partial charge in [-0.1, -0.05) is 0 Å². The molecule has 4 heteroatoms. The highest BCUT2D eigenvalue weighted by molar-refractivity contribution is 5.87. The lowest BCUT2D eigenvalue weighted by atomic mass is 10.3. The van der Waals surface area contributed by atoms with Gasteiger partial charge in [-0.2, -0.15) is 0 Å². The van der Waals surface area contributed by atoms with Gasteiger partial charge in [0.05, 0.1) is 7.11 Å². The molecule has 0 aromatic carbocycles. The molecule has 0 amide bonds. The summed E-state index contributed by atoms with van der Waals surface area (Å²) in [6.07, 6.45) is 0. The Morgan fingerprint density at radius 3 is 2.83 bits per heavy atom. The molecule has 0 unspecified atom stereocenters. The molecule has 0 spiro atoms. The van der Waals surface area contributed by atoms with E-state index in [1.807, 2.05) is 0 Å². The predicted molar refractivity (Wildman–Crippen MR) is 41.7 cm³/mol. The third-order valence-corrected chi connectivity index (χ3v) is 1.67. The molecule has 0 aliphatic rings. The van der Waals surface area contributed by atoms with Gasteiger partial charge in [0.25, 0.3) is 0 Å². The number of aromatic amines is 1. The molecule has 0 fully saturated rings. The first kappa shape index (κ1) is 8.77. The van der Waals surface area contributed by atoms with Crippen LogP contribution in [-0.4, -0.2) is 18.1 Å². The average Bonchev–Trinajstić information content (AvgIpc) is 2.45. The number of esters is 1. The number of ether oxygens (including phenoxy) is 1. The van der Waals surface area contributed by atoms with Gasteiger partial charge in [0, 0.05) is 11.3 Å². The van der Waals surface area contributed by atoms with E-state index in [0.717, 1.165) is 0 Å². The number of aryl methyl sites for hydroxylation is 1. The number of aromatic nitrogens is 1. The second kappa shape index (κ2) is 3.38. The van der Waals surface area contributed by atoms with E-state index in [-0.39, 0.29) is 0 Å². The lowest BCUT2D eigenvalue weighted by Gasteiger charge is -1.92. The van der Waals surface area contributed by atoms with Crippen LogP contribution in [0.4, 0.5) is 4.39 Å². The van der Waals surface area contributed by atoms with Crippen molar-refractivity contribution in [3.63, 3.8) is 0 Å². The first-order chi connectivity index (χ1) is 5.69. The van der Waals surface area contributed by atoms with Crippen molar-refractivity contribution >= 4 is 5.97 Å². The Bertz CT molecular complexity index is 293. The van der Waals surface area contributed by atoms with Crippen LogP contribution in [0.15, 0.2) is 6.07 Å². The molecule has 0 aliphatic carbocycles. The molecular weight excluding hydrogens is 161 g/mol. The standard InChI is InChI=1S/C8H10FNO2/c1-5-6(4-9)3-7(10-5)8(11)12-2/h3,10H,4H2,1-2H3. The van der Waals surface area contributed by atoms with Gasteiger partial charge < -0.3 is 9.72 Å². The SMILES string of the molecule is COC(=O)c1cc(CF)c(C)[nH]1. The summed E-state index contributed by atoms with van der Waals surface area (Å²) >= 11 is 0. The quantitative estimate of drug-likeness (QED) is 0.686. The number of nitrogens with one attached hydrogen (secondary N) is 1. The summed E-state index contributed by atoms with van der Waals surface area (Å²) in [6.45, 7) is 1.14. The molecule has 0 aliphatic heterocycles. The number of carbonyl (C=O) groups excluding carboxylic acids is 1. The van der Waals surface area contributed by atoms with E-state index in [2.05, 4.69) is 9.72 Å². The largest absolute Gasteiger partial charge is 0.464 e. The van der Waals surface area contributed by atoms with Crippen LogP contribution in [0.1, 0.15) is 21.7 Å². The molecule has 0 bridgehead atoms. The summed E-state index contributed by atoms with van der Waals surface area (Å²) in [7, 11) is 1.29. The normalized spacial score (nSPS) is 9.92. The molecule has 0 radical (unpaired) electrons. The van der Waals surface area contributed by atoms with Crippen molar-refractivity contribution in [2.75, 3.05) is 7.11 Å². The highest BCUT2D eigenvalue weighted by atomic mass is 19.1. The fourth-order valence-electron chi connectivity index (χ4n) is 0.960. The van der Waals surface area contributed by atoms with Crippen molar-refractivity contribution in [3.05, 3.63) is 23.0 Å². The first-order valence-electron chi connectivity index (χ1n) is 3.51. The van der Waals surface area contributed by atoms with Gasteiger partial charge in [-0.05, 0) is 13.0 Å². The molecule has 3 nitrogen and oxygen atoms in total. The molecule has 12 heavy (non-hydrogen) atoms. The van der Waals surface area contributed by atoms with E-state index in [9.17, 15) is 9.18 Å². The molecular formula is C8H10FNO2. The molecule has 0 atom stereocenters. The molecule has 66 valence electrons. The minimum atomic E-state index is -0.570. The number of hydrogen-bond acceptors (Lipinski definition) is 2. The van der Waals surface area contributed by atoms with E-state index in [0.29, 0.717) is 17.0 Å². The lowest BCUT2D eigenvalue weighted by Crippen LogP contribution is -2.00. The van der Waals surface area contributed by atoms with E-state index < -0.39 is 12.6 Å². The first-order valence-corrected chi connectivity index (χ1v) is 3.51. The zero-order valence-electron chi connectivity index (χ0n) is 6.98. The van der Waals surface area contributed by atoms with Crippen LogP contribution in [0.2, 0.25) is 0 Å². The van der Waals surface area contributed by atoms with E-state index >= 15 is 0 Å². The Kier molecular flexibility index (Phi) is 2.47. The predicted octanol–water partition coefficient (Wildman–Crippen LogP) is 1.58. The number of alkyl halides is 1. The Morgan fingerprint density at radius 1 is 1.75 bits per heavy atom. The van der Waals surface area contributed by atoms with E-state index in [1.54, 1.807) is 6.92 Å². The maximum atomic E-state index is 12.2. The van der Waals surface area contributed by atoms with Crippen molar-refractivity contribution in [2.45, 2.75) is 13.6 Å². The van der Waals surface area contributed by atoms with Gasteiger partial charge >= 0.3 is 5.97 Å². The summed E-state index contributed by atoms with van der Waals surface area (Å²) in [5, 5.41) is 0. The number of carbonyl (C=O) groups is 1. The van der Waals surface area contributed by atoms with Gasteiger partial charge in [0.2, 0.25) is 0 Å². The van der Waals surface area contributed by atoms with E-state index in [4.69, 9.17) is 0 Å². The van der Waals surface area contributed by atoms with Gasteiger partial charge in [0.15, 0.2) is 0 Å². The number of rotatable bonds is 2. The number of H-pyrrole nitrogens is 1. The monoisotopic (exact) mass is 171 g/mol. The van der Waals surface area contributed by atoms with Crippen LogP contribution >= 0.6 is 0 Å². The minimum Gasteiger partial charge on any atom is -0.464 e. The van der Waals surface area contributed by atoms with Crippen LogP contribution in [0.5, 0.6) is 0 Å². The summed E-state index contributed by atoms with van der Waals surface area (Å²) in [5.41, 5.74) is 1.45. The fraction of sp³-hybridized carbons (Fsp3) is 0.375. The topological polar surface area (TPSA) is 42.1 Å². The summed E-state index contributed by atoms with van der Waals surface area (Å²) in [4.78, 5) is 13.7. The zero-order chi connectivity index (χ0) is 9.14. The molecule has 0 saturated heterocycles. The molecule has 1 aromatic heterocycles. The van der Waals surface area contributed by atoms with Crippen LogP contribution < -0.4 is 0 Å².